The molecule has 0 unspecified atom stereocenters. The fourth-order valence-electron chi connectivity index (χ4n) is 1.77. The second-order valence-electron chi connectivity index (χ2n) is 4.59. The molecule has 2 rings (SSSR count). The van der Waals surface area contributed by atoms with Gasteiger partial charge in [-0.2, -0.15) is 5.10 Å². The molecule has 0 saturated heterocycles. The van der Waals surface area contributed by atoms with Gasteiger partial charge in [-0.05, 0) is 17.7 Å². The SMILES string of the molecule is COCCn1cc(NS(=O)(=O)Cc2ccc(N)cc2)cn1. The first-order valence-corrected chi connectivity index (χ1v) is 8.00. The van der Waals surface area contributed by atoms with E-state index in [0.29, 0.717) is 30.1 Å². The van der Waals surface area contributed by atoms with Crippen LogP contribution in [-0.4, -0.2) is 31.9 Å². The Morgan fingerprint density at radius 1 is 1.33 bits per heavy atom. The number of methoxy groups -OCH3 is 1. The lowest BCUT2D eigenvalue weighted by atomic mass is 10.2. The number of nitrogen functional groups attached to an aromatic ring is 1. The van der Waals surface area contributed by atoms with Crippen molar-refractivity contribution in [3.63, 3.8) is 0 Å². The van der Waals surface area contributed by atoms with E-state index in [1.54, 1.807) is 42.3 Å². The summed E-state index contributed by atoms with van der Waals surface area (Å²) in [6.07, 6.45) is 3.09. The molecule has 21 heavy (non-hydrogen) atoms. The Morgan fingerprint density at radius 3 is 2.71 bits per heavy atom. The molecule has 7 nitrogen and oxygen atoms in total. The van der Waals surface area contributed by atoms with E-state index in [1.165, 1.54) is 6.20 Å². The van der Waals surface area contributed by atoms with Crippen molar-refractivity contribution < 1.29 is 13.2 Å². The molecule has 0 amide bonds. The molecule has 8 heteroatoms. The van der Waals surface area contributed by atoms with Gasteiger partial charge in [-0.15, -0.1) is 0 Å². The quantitative estimate of drug-likeness (QED) is 0.745. The van der Waals surface area contributed by atoms with Gasteiger partial charge in [-0.1, -0.05) is 12.1 Å². The zero-order chi connectivity index (χ0) is 15.3. The number of aromatic nitrogens is 2. The van der Waals surface area contributed by atoms with Gasteiger partial charge < -0.3 is 10.5 Å². The molecule has 0 aliphatic rings. The molecule has 0 aliphatic heterocycles. The Labute approximate surface area is 123 Å². The molecule has 0 aliphatic carbocycles. The summed E-state index contributed by atoms with van der Waals surface area (Å²) in [6, 6.07) is 6.73. The zero-order valence-corrected chi connectivity index (χ0v) is 12.5. The first-order chi connectivity index (χ1) is 9.98. The summed E-state index contributed by atoms with van der Waals surface area (Å²) in [5, 5.41) is 4.05. The molecule has 0 atom stereocenters. The van der Waals surface area contributed by atoms with E-state index >= 15 is 0 Å². The molecule has 0 bridgehead atoms. The number of nitrogens with zero attached hydrogens (tertiary/aromatic N) is 2. The molecule has 0 fully saturated rings. The number of nitrogens with two attached hydrogens (primary N) is 1. The molecule has 1 aromatic carbocycles. The van der Waals surface area contributed by atoms with Crippen molar-refractivity contribution in [1.82, 2.24) is 9.78 Å². The van der Waals surface area contributed by atoms with Crippen molar-refractivity contribution in [2.45, 2.75) is 12.3 Å². The Bertz CT molecular complexity index is 680. The molecule has 3 N–H and O–H groups in total. The topological polar surface area (TPSA) is 99.2 Å². The first-order valence-electron chi connectivity index (χ1n) is 6.35. The van der Waals surface area contributed by atoms with Gasteiger partial charge in [-0.3, -0.25) is 9.40 Å². The van der Waals surface area contributed by atoms with Crippen LogP contribution in [0.5, 0.6) is 0 Å². The highest BCUT2D eigenvalue weighted by Crippen LogP contribution is 2.13. The lowest BCUT2D eigenvalue weighted by Gasteiger charge is -2.06. The van der Waals surface area contributed by atoms with Crippen molar-refractivity contribution >= 4 is 21.4 Å². The fraction of sp³-hybridized carbons (Fsp3) is 0.308. The van der Waals surface area contributed by atoms with Crippen molar-refractivity contribution in [3.05, 3.63) is 42.2 Å². The summed E-state index contributed by atoms with van der Waals surface area (Å²) in [6.45, 7) is 1.08. The second kappa shape index (κ2) is 6.59. The maximum atomic E-state index is 12.1. The normalized spacial score (nSPS) is 11.5. The summed E-state index contributed by atoms with van der Waals surface area (Å²) in [7, 11) is -1.89. The Kier molecular flexibility index (Phi) is 4.81. The third-order valence-corrected chi connectivity index (χ3v) is 4.03. The maximum absolute atomic E-state index is 12.1. The number of hydrogen-bond donors (Lipinski definition) is 2. The third kappa shape index (κ3) is 4.76. The highest BCUT2D eigenvalue weighted by atomic mass is 32.2. The molecule has 114 valence electrons. The van der Waals surface area contributed by atoms with Crippen LogP contribution in [0.3, 0.4) is 0 Å². The van der Waals surface area contributed by atoms with Crippen LogP contribution in [0.2, 0.25) is 0 Å². The fourth-order valence-corrected chi connectivity index (χ4v) is 2.94. The Morgan fingerprint density at radius 2 is 2.05 bits per heavy atom. The van der Waals surface area contributed by atoms with Crippen molar-refractivity contribution in [1.29, 1.82) is 0 Å². The van der Waals surface area contributed by atoms with Gasteiger partial charge in [0.05, 0.1) is 30.8 Å². The molecule has 1 heterocycles. The van der Waals surface area contributed by atoms with Gasteiger partial charge in [0.25, 0.3) is 0 Å². The second-order valence-corrected chi connectivity index (χ2v) is 6.31. The van der Waals surface area contributed by atoms with Crippen LogP contribution in [0.25, 0.3) is 0 Å². The molecule has 0 saturated carbocycles. The molecular weight excluding hydrogens is 292 g/mol. The van der Waals surface area contributed by atoms with Gasteiger partial charge in [-0.25, -0.2) is 8.42 Å². The molecule has 0 radical (unpaired) electrons. The van der Waals surface area contributed by atoms with Crippen LogP contribution in [-0.2, 0) is 27.1 Å². The van der Waals surface area contributed by atoms with Crippen molar-refractivity contribution in [3.8, 4) is 0 Å². The van der Waals surface area contributed by atoms with E-state index < -0.39 is 10.0 Å². The van der Waals surface area contributed by atoms with E-state index in [2.05, 4.69) is 9.82 Å². The van der Waals surface area contributed by atoms with E-state index in [9.17, 15) is 8.42 Å². The highest BCUT2D eigenvalue weighted by molar-refractivity contribution is 7.91. The zero-order valence-electron chi connectivity index (χ0n) is 11.7. The largest absolute Gasteiger partial charge is 0.399 e. The molecule has 2 aromatic rings. The van der Waals surface area contributed by atoms with Gasteiger partial charge >= 0.3 is 0 Å². The highest BCUT2D eigenvalue weighted by Gasteiger charge is 2.13. The van der Waals surface area contributed by atoms with E-state index in [-0.39, 0.29) is 5.75 Å². The Hall–Kier alpha value is -2.06. The molecule has 1 aromatic heterocycles. The van der Waals surface area contributed by atoms with Crippen LogP contribution >= 0.6 is 0 Å². The third-order valence-electron chi connectivity index (χ3n) is 2.77. The standard InChI is InChI=1S/C13H18N4O3S/c1-20-7-6-17-9-13(8-15-17)16-21(18,19)10-11-2-4-12(14)5-3-11/h2-5,8-9,16H,6-7,10,14H2,1H3. The van der Waals surface area contributed by atoms with Gasteiger partial charge in [0.2, 0.25) is 10.0 Å². The molecular formula is C13H18N4O3S. The van der Waals surface area contributed by atoms with Crippen LogP contribution < -0.4 is 10.5 Å². The first kappa shape index (κ1) is 15.3. The van der Waals surface area contributed by atoms with E-state index in [1.807, 2.05) is 0 Å². The van der Waals surface area contributed by atoms with Crippen LogP contribution in [0, 0.1) is 0 Å². The average molecular weight is 310 g/mol. The van der Waals surface area contributed by atoms with Gasteiger partial charge in [0.15, 0.2) is 0 Å². The lowest BCUT2D eigenvalue weighted by Crippen LogP contribution is -2.14. The summed E-state index contributed by atoms with van der Waals surface area (Å²) in [5.74, 6) is -0.115. The number of benzene rings is 1. The van der Waals surface area contributed by atoms with E-state index in [0.717, 1.165) is 0 Å². The number of hydrogen-bond acceptors (Lipinski definition) is 5. The monoisotopic (exact) mass is 310 g/mol. The van der Waals surface area contributed by atoms with Crippen molar-refractivity contribution in [2.75, 3.05) is 24.2 Å². The van der Waals surface area contributed by atoms with E-state index in [4.69, 9.17) is 10.5 Å². The van der Waals surface area contributed by atoms with Crippen molar-refractivity contribution in [2.24, 2.45) is 0 Å². The number of rotatable bonds is 7. The van der Waals surface area contributed by atoms with Crippen LogP contribution in [0.4, 0.5) is 11.4 Å². The van der Waals surface area contributed by atoms with Gasteiger partial charge in [0, 0.05) is 19.0 Å². The minimum atomic E-state index is -3.48. The number of anilines is 2. The molecule has 0 spiro atoms. The smallest absolute Gasteiger partial charge is 0.237 e. The lowest BCUT2D eigenvalue weighted by molar-refractivity contribution is 0.183. The summed E-state index contributed by atoms with van der Waals surface area (Å²) in [5.41, 5.74) is 7.27. The predicted molar refractivity (Wildman–Crippen MR) is 81.2 cm³/mol. The number of nitrogens with one attached hydrogen (secondary N) is 1. The average Bonchev–Trinajstić information content (AvgIpc) is 2.85. The summed E-state index contributed by atoms with van der Waals surface area (Å²) < 4.78 is 33.2. The minimum absolute atomic E-state index is 0.115. The number of sulfonamides is 1. The van der Waals surface area contributed by atoms with Crippen LogP contribution in [0.15, 0.2) is 36.7 Å². The maximum Gasteiger partial charge on any atom is 0.237 e. The minimum Gasteiger partial charge on any atom is -0.399 e. The number of ether oxygens (including phenoxy) is 1. The Balaban J connectivity index is 2.00. The van der Waals surface area contributed by atoms with Gasteiger partial charge in [0.1, 0.15) is 0 Å². The predicted octanol–water partition coefficient (Wildman–Crippen LogP) is 1.05. The summed E-state index contributed by atoms with van der Waals surface area (Å²) in [4.78, 5) is 0. The summed E-state index contributed by atoms with van der Waals surface area (Å²) >= 11 is 0. The van der Waals surface area contributed by atoms with Crippen LogP contribution in [0.1, 0.15) is 5.56 Å².